The van der Waals surface area contributed by atoms with E-state index in [4.69, 9.17) is 14.2 Å². The molecule has 0 aliphatic heterocycles. The second-order valence-electron chi connectivity index (χ2n) is 2.68. The Kier molecular flexibility index (Phi) is 4.07. The van der Waals surface area contributed by atoms with E-state index >= 15 is 0 Å². The molecule has 14 heavy (non-hydrogen) atoms. The van der Waals surface area contributed by atoms with E-state index in [1.54, 1.807) is 20.3 Å². The lowest BCUT2D eigenvalue weighted by molar-refractivity contribution is 0.289. The largest absolute Gasteiger partial charge is 0.497 e. The quantitative estimate of drug-likeness (QED) is 0.780. The van der Waals surface area contributed by atoms with Crippen molar-refractivity contribution in [1.82, 2.24) is 0 Å². The predicted molar refractivity (Wildman–Crippen MR) is 58.6 cm³/mol. The minimum absolute atomic E-state index is 0.0511. The van der Waals surface area contributed by atoms with Gasteiger partial charge in [-0.3, -0.25) is 0 Å². The van der Waals surface area contributed by atoms with Crippen molar-refractivity contribution in [2.75, 3.05) is 14.2 Å². The summed E-state index contributed by atoms with van der Waals surface area (Å²) in [6.07, 6.45) is 0. The number of ether oxygens (including phenoxy) is 3. The molecule has 0 saturated carbocycles. The third kappa shape index (κ3) is 2.80. The average molecular weight is 261 g/mol. The van der Waals surface area contributed by atoms with Gasteiger partial charge in [0.1, 0.15) is 5.75 Å². The van der Waals surface area contributed by atoms with Crippen LogP contribution in [0.25, 0.3) is 0 Å². The normalized spacial score (nSPS) is 12.0. The van der Waals surface area contributed by atoms with E-state index in [0.717, 1.165) is 5.75 Å². The zero-order valence-electron chi connectivity index (χ0n) is 8.41. The highest BCUT2D eigenvalue weighted by Crippen LogP contribution is 2.32. The van der Waals surface area contributed by atoms with E-state index in [9.17, 15) is 0 Å². The molecule has 0 saturated heterocycles. The molecule has 0 spiro atoms. The molecule has 1 aromatic carbocycles. The molecule has 0 radical (unpaired) electrons. The van der Waals surface area contributed by atoms with Crippen LogP contribution in [0.2, 0.25) is 0 Å². The van der Waals surface area contributed by atoms with Gasteiger partial charge in [0.2, 0.25) is 0 Å². The second-order valence-corrected chi connectivity index (χ2v) is 3.97. The summed E-state index contributed by atoms with van der Waals surface area (Å²) < 4.78 is 15.7. The maximum absolute atomic E-state index is 5.47. The summed E-state index contributed by atoms with van der Waals surface area (Å²) in [5.74, 6) is 2.10. The van der Waals surface area contributed by atoms with E-state index in [1.165, 1.54) is 0 Å². The highest BCUT2D eigenvalue weighted by Gasteiger charge is 2.07. The number of benzene rings is 1. The monoisotopic (exact) mass is 260 g/mol. The van der Waals surface area contributed by atoms with Crippen LogP contribution in [0.3, 0.4) is 0 Å². The van der Waals surface area contributed by atoms with Gasteiger partial charge in [-0.1, -0.05) is 0 Å². The number of hydrogen-bond acceptors (Lipinski definition) is 3. The van der Waals surface area contributed by atoms with Crippen LogP contribution in [-0.2, 0) is 0 Å². The van der Waals surface area contributed by atoms with E-state index in [-0.39, 0.29) is 5.01 Å². The number of alkyl halides is 1. The lowest BCUT2D eigenvalue weighted by Gasteiger charge is -2.13. The van der Waals surface area contributed by atoms with Crippen molar-refractivity contribution in [3.8, 4) is 17.2 Å². The van der Waals surface area contributed by atoms with E-state index in [1.807, 2.05) is 19.1 Å². The van der Waals surface area contributed by atoms with Crippen LogP contribution in [0.15, 0.2) is 18.2 Å². The summed E-state index contributed by atoms with van der Waals surface area (Å²) >= 11 is 3.30. The van der Waals surface area contributed by atoms with Gasteiger partial charge in [0.05, 0.1) is 14.2 Å². The number of rotatable bonds is 4. The molecule has 1 atom stereocenters. The van der Waals surface area contributed by atoms with Crippen molar-refractivity contribution >= 4 is 15.9 Å². The summed E-state index contributed by atoms with van der Waals surface area (Å²) in [5.41, 5.74) is 0. The van der Waals surface area contributed by atoms with Crippen molar-refractivity contribution in [2.45, 2.75) is 11.9 Å². The lowest BCUT2D eigenvalue weighted by Crippen LogP contribution is -2.03. The number of methoxy groups -OCH3 is 2. The maximum atomic E-state index is 5.47. The fraction of sp³-hybridized carbons (Fsp3) is 0.400. The minimum atomic E-state index is -0.0511. The van der Waals surface area contributed by atoms with Gasteiger partial charge in [-0.2, -0.15) is 0 Å². The fourth-order valence-electron chi connectivity index (χ4n) is 1.05. The Morgan fingerprint density at radius 3 is 2.36 bits per heavy atom. The Bertz CT molecular complexity index is 299. The second kappa shape index (κ2) is 5.10. The third-order valence-electron chi connectivity index (χ3n) is 1.66. The molecule has 1 unspecified atom stereocenters. The predicted octanol–water partition coefficient (Wildman–Crippen LogP) is 2.82. The smallest absolute Gasteiger partial charge is 0.164 e. The van der Waals surface area contributed by atoms with Gasteiger partial charge in [0.25, 0.3) is 0 Å². The van der Waals surface area contributed by atoms with Gasteiger partial charge in [0, 0.05) is 6.07 Å². The molecule has 0 amide bonds. The van der Waals surface area contributed by atoms with Crippen LogP contribution >= 0.6 is 15.9 Å². The summed E-state index contributed by atoms with van der Waals surface area (Å²) in [6, 6.07) is 5.42. The standard InChI is InChI=1S/C10H13BrO3/c1-7(11)14-9-5-4-8(12-2)6-10(9)13-3/h4-7H,1-3H3. The number of hydrogen-bond donors (Lipinski definition) is 0. The summed E-state index contributed by atoms with van der Waals surface area (Å²) in [6.45, 7) is 1.89. The van der Waals surface area contributed by atoms with Crippen LogP contribution in [0.4, 0.5) is 0 Å². The topological polar surface area (TPSA) is 27.7 Å². The van der Waals surface area contributed by atoms with Crippen LogP contribution in [-0.4, -0.2) is 19.2 Å². The Hall–Kier alpha value is -0.900. The summed E-state index contributed by atoms with van der Waals surface area (Å²) in [7, 11) is 3.21. The molecule has 0 N–H and O–H groups in total. The minimum Gasteiger partial charge on any atom is -0.497 e. The average Bonchev–Trinajstić information content (AvgIpc) is 2.17. The first-order valence-electron chi connectivity index (χ1n) is 4.20. The molecule has 0 heterocycles. The van der Waals surface area contributed by atoms with Crippen molar-refractivity contribution in [1.29, 1.82) is 0 Å². The molecular formula is C10H13BrO3. The zero-order chi connectivity index (χ0) is 10.6. The molecule has 1 aromatic rings. The van der Waals surface area contributed by atoms with Gasteiger partial charge >= 0.3 is 0 Å². The first-order valence-corrected chi connectivity index (χ1v) is 5.11. The van der Waals surface area contributed by atoms with Crippen molar-refractivity contribution in [3.05, 3.63) is 18.2 Å². The van der Waals surface area contributed by atoms with Crippen molar-refractivity contribution in [2.24, 2.45) is 0 Å². The van der Waals surface area contributed by atoms with Gasteiger partial charge in [-0.15, -0.1) is 0 Å². The Morgan fingerprint density at radius 2 is 1.86 bits per heavy atom. The molecular weight excluding hydrogens is 248 g/mol. The molecule has 0 aliphatic rings. The first kappa shape index (κ1) is 11.2. The third-order valence-corrected chi connectivity index (χ3v) is 1.85. The van der Waals surface area contributed by atoms with E-state index in [0.29, 0.717) is 11.5 Å². The van der Waals surface area contributed by atoms with Gasteiger partial charge in [-0.25, -0.2) is 0 Å². The molecule has 1 rings (SSSR count). The molecule has 0 aliphatic carbocycles. The zero-order valence-corrected chi connectivity index (χ0v) is 10.00. The SMILES string of the molecule is COc1ccc(OC(C)Br)c(OC)c1. The molecule has 78 valence electrons. The van der Waals surface area contributed by atoms with Crippen LogP contribution in [0.1, 0.15) is 6.92 Å². The summed E-state index contributed by atoms with van der Waals surface area (Å²) in [4.78, 5) is 0. The fourth-order valence-corrected chi connectivity index (χ4v) is 1.25. The highest BCUT2D eigenvalue weighted by atomic mass is 79.9. The van der Waals surface area contributed by atoms with Crippen LogP contribution in [0.5, 0.6) is 17.2 Å². The molecule has 4 heteroatoms. The van der Waals surface area contributed by atoms with E-state index in [2.05, 4.69) is 15.9 Å². The maximum Gasteiger partial charge on any atom is 0.164 e. The molecule has 0 fully saturated rings. The van der Waals surface area contributed by atoms with Gasteiger partial charge < -0.3 is 14.2 Å². The Labute approximate surface area is 92.1 Å². The van der Waals surface area contributed by atoms with Crippen molar-refractivity contribution in [3.63, 3.8) is 0 Å². The molecule has 0 aromatic heterocycles. The van der Waals surface area contributed by atoms with Crippen LogP contribution < -0.4 is 14.2 Å². The Balaban J connectivity index is 2.93. The molecule has 3 nitrogen and oxygen atoms in total. The lowest BCUT2D eigenvalue weighted by atomic mass is 10.3. The number of halogens is 1. The highest BCUT2D eigenvalue weighted by molar-refractivity contribution is 9.09. The first-order chi connectivity index (χ1) is 6.67. The molecule has 0 bridgehead atoms. The van der Waals surface area contributed by atoms with Crippen LogP contribution in [0, 0.1) is 0 Å². The van der Waals surface area contributed by atoms with Gasteiger partial charge in [0.15, 0.2) is 16.5 Å². The van der Waals surface area contributed by atoms with Crippen molar-refractivity contribution < 1.29 is 14.2 Å². The van der Waals surface area contributed by atoms with Gasteiger partial charge in [-0.05, 0) is 35.0 Å². The Morgan fingerprint density at radius 1 is 1.14 bits per heavy atom. The summed E-state index contributed by atoms with van der Waals surface area (Å²) in [5, 5.41) is -0.0511. The van der Waals surface area contributed by atoms with E-state index < -0.39 is 0 Å².